The van der Waals surface area contributed by atoms with Crippen LogP contribution in [0.5, 0.6) is 0 Å². The number of anilines is 2. The smallest absolute Gasteiger partial charge is 0.255 e. The summed E-state index contributed by atoms with van der Waals surface area (Å²) in [6, 6.07) is 13.3. The van der Waals surface area contributed by atoms with Crippen molar-refractivity contribution >= 4 is 33.2 Å². The van der Waals surface area contributed by atoms with Crippen LogP contribution in [0.3, 0.4) is 0 Å². The third-order valence-corrected chi connectivity index (χ3v) is 4.22. The van der Waals surface area contributed by atoms with E-state index < -0.39 is 0 Å². The Kier molecular flexibility index (Phi) is 4.66. The van der Waals surface area contributed by atoms with Crippen LogP contribution in [0.2, 0.25) is 0 Å². The quantitative estimate of drug-likeness (QED) is 0.671. The van der Waals surface area contributed by atoms with Crippen LogP contribution < -0.4 is 11.1 Å². The molecule has 2 aromatic carbocycles. The number of hydrogen-bond donors (Lipinski definition) is 2. The highest BCUT2D eigenvalue weighted by molar-refractivity contribution is 9.10. The van der Waals surface area contributed by atoms with Gasteiger partial charge in [-0.05, 0) is 42.3 Å². The summed E-state index contributed by atoms with van der Waals surface area (Å²) >= 11 is 3.41. The van der Waals surface area contributed by atoms with Crippen LogP contribution in [-0.2, 0) is 6.54 Å². The topological polar surface area (TPSA) is 72.9 Å². The SMILES string of the molecule is Cc1ccc(C(=O)Nc2cnn(Cc3ccc(Br)cc3)c2)cc1N. The molecular weight excluding hydrogens is 368 g/mol. The summed E-state index contributed by atoms with van der Waals surface area (Å²) in [6.45, 7) is 2.55. The summed E-state index contributed by atoms with van der Waals surface area (Å²) in [7, 11) is 0. The molecule has 3 N–H and O–H groups in total. The largest absolute Gasteiger partial charge is 0.398 e. The van der Waals surface area contributed by atoms with Crippen LogP contribution in [0.25, 0.3) is 0 Å². The second-order valence-corrected chi connectivity index (χ2v) is 6.49. The number of nitrogens with zero attached hydrogens (tertiary/aromatic N) is 2. The number of amides is 1. The molecule has 0 atom stereocenters. The number of nitrogen functional groups attached to an aromatic ring is 1. The molecule has 0 spiro atoms. The van der Waals surface area contributed by atoms with E-state index in [-0.39, 0.29) is 5.91 Å². The van der Waals surface area contributed by atoms with E-state index in [4.69, 9.17) is 5.73 Å². The van der Waals surface area contributed by atoms with Gasteiger partial charge < -0.3 is 11.1 Å². The first-order valence-corrected chi connectivity index (χ1v) is 8.25. The molecule has 0 saturated heterocycles. The van der Waals surface area contributed by atoms with Gasteiger partial charge in [-0.25, -0.2) is 0 Å². The van der Waals surface area contributed by atoms with Crippen LogP contribution in [-0.4, -0.2) is 15.7 Å². The lowest BCUT2D eigenvalue weighted by molar-refractivity contribution is 0.102. The van der Waals surface area contributed by atoms with Crippen LogP contribution in [0.15, 0.2) is 59.3 Å². The van der Waals surface area contributed by atoms with Gasteiger partial charge in [0, 0.05) is 21.9 Å². The van der Waals surface area contributed by atoms with Crippen molar-refractivity contribution in [2.45, 2.75) is 13.5 Å². The summed E-state index contributed by atoms with van der Waals surface area (Å²) in [4.78, 5) is 12.3. The molecule has 1 aromatic heterocycles. The maximum absolute atomic E-state index is 12.3. The van der Waals surface area contributed by atoms with Crippen molar-refractivity contribution in [1.29, 1.82) is 0 Å². The minimum atomic E-state index is -0.204. The van der Waals surface area contributed by atoms with Crippen LogP contribution in [0.1, 0.15) is 21.5 Å². The normalized spacial score (nSPS) is 10.6. The lowest BCUT2D eigenvalue weighted by Gasteiger charge is -2.05. The molecule has 0 aliphatic rings. The van der Waals surface area contributed by atoms with Gasteiger partial charge in [-0.2, -0.15) is 5.10 Å². The lowest BCUT2D eigenvalue weighted by atomic mass is 10.1. The fourth-order valence-corrected chi connectivity index (χ4v) is 2.54. The highest BCUT2D eigenvalue weighted by Crippen LogP contribution is 2.16. The number of nitrogens with one attached hydrogen (secondary N) is 1. The van der Waals surface area contributed by atoms with Gasteiger partial charge in [0.25, 0.3) is 5.91 Å². The second kappa shape index (κ2) is 6.88. The number of aryl methyl sites for hydroxylation is 1. The number of rotatable bonds is 4. The van der Waals surface area contributed by atoms with Crippen molar-refractivity contribution in [3.63, 3.8) is 0 Å². The lowest BCUT2D eigenvalue weighted by Crippen LogP contribution is -2.12. The fourth-order valence-electron chi connectivity index (χ4n) is 2.28. The van der Waals surface area contributed by atoms with Gasteiger partial charge in [-0.15, -0.1) is 0 Å². The zero-order valence-corrected chi connectivity index (χ0v) is 14.7. The molecule has 3 rings (SSSR count). The summed E-state index contributed by atoms with van der Waals surface area (Å²) in [5.74, 6) is -0.204. The summed E-state index contributed by atoms with van der Waals surface area (Å²) < 4.78 is 2.82. The van der Waals surface area contributed by atoms with E-state index in [9.17, 15) is 4.79 Å². The zero-order chi connectivity index (χ0) is 17.1. The van der Waals surface area contributed by atoms with Crippen LogP contribution in [0.4, 0.5) is 11.4 Å². The van der Waals surface area contributed by atoms with Crippen LogP contribution in [0, 0.1) is 6.92 Å². The Labute approximate surface area is 148 Å². The Hall–Kier alpha value is -2.60. The predicted octanol–water partition coefficient (Wildman–Crippen LogP) is 3.84. The number of benzene rings is 2. The first-order valence-electron chi connectivity index (χ1n) is 7.45. The number of carbonyl (C=O) groups is 1. The molecule has 1 heterocycles. The minimum absolute atomic E-state index is 0.204. The number of hydrogen-bond acceptors (Lipinski definition) is 3. The van der Waals surface area contributed by atoms with E-state index in [1.807, 2.05) is 37.3 Å². The van der Waals surface area contributed by atoms with Gasteiger partial charge in [0.1, 0.15) is 0 Å². The Bertz CT molecular complexity index is 871. The highest BCUT2D eigenvalue weighted by atomic mass is 79.9. The van der Waals surface area contributed by atoms with Gasteiger partial charge in [0.15, 0.2) is 0 Å². The Morgan fingerprint density at radius 3 is 2.71 bits per heavy atom. The van der Waals surface area contributed by atoms with E-state index in [0.717, 1.165) is 15.6 Å². The van der Waals surface area contributed by atoms with Crippen molar-refractivity contribution < 1.29 is 4.79 Å². The number of carbonyl (C=O) groups excluding carboxylic acids is 1. The summed E-state index contributed by atoms with van der Waals surface area (Å²) in [6.07, 6.45) is 3.44. The Balaban J connectivity index is 1.68. The third kappa shape index (κ3) is 3.83. The van der Waals surface area contributed by atoms with Gasteiger partial charge in [0.05, 0.1) is 18.4 Å². The van der Waals surface area contributed by atoms with E-state index >= 15 is 0 Å². The molecule has 24 heavy (non-hydrogen) atoms. The molecule has 3 aromatic rings. The standard InChI is InChI=1S/C18H17BrN4O/c1-12-2-5-14(8-17(12)20)18(24)22-16-9-21-23(11-16)10-13-3-6-15(19)7-4-13/h2-9,11H,10,20H2,1H3,(H,22,24). The molecule has 0 bridgehead atoms. The minimum Gasteiger partial charge on any atom is -0.398 e. The molecule has 6 heteroatoms. The van der Waals surface area contributed by atoms with Crippen LogP contribution >= 0.6 is 15.9 Å². The van der Waals surface area contributed by atoms with Gasteiger partial charge in [-0.3, -0.25) is 9.48 Å². The molecule has 122 valence electrons. The van der Waals surface area contributed by atoms with E-state index in [2.05, 4.69) is 26.3 Å². The first-order chi connectivity index (χ1) is 11.5. The maximum atomic E-state index is 12.3. The van der Waals surface area contributed by atoms with Crippen molar-refractivity contribution in [2.75, 3.05) is 11.1 Å². The summed E-state index contributed by atoms with van der Waals surface area (Å²) in [5.41, 5.74) is 9.72. The third-order valence-electron chi connectivity index (χ3n) is 3.69. The molecule has 0 aliphatic carbocycles. The van der Waals surface area contributed by atoms with E-state index in [1.54, 1.807) is 29.2 Å². The molecule has 1 amide bonds. The Morgan fingerprint density at radius 1 is 1.25 bits per heavy atom. The monoisotopic (exact) mass is 384 g/mol. The summed E-state index contributed by atoms with van der Waals surface area (Å²) in [5, 5.41) is 7.11. The van der Waals surface area contributed by atoms with Crippen molar-refractivity contribution in [3.8, 4) is 0 Å². The average molecular weight is 385 g/mol. The zero-order valence-electron chi connectivity index (χ0n) is 13.2. The molecule has 5 nitrogen and oxygen atoms in total. The molecular formula is C18H17BrN4O. The highest BCUT2D eigenvalue weighted by Gasteiger charge is 2.09. The Morgan fingerprint density at radius 2 is 2.00 bits per heavy atom. The van der Waals surface area contributed by atoms with Crippen molar-refractivity contribution in [3.05, 3.63) is 76.0 Å². The van der Waals surface area contributed by atoms with E-state index in [0.29, 0.717) is 23.5 Å². The van der Waals surface area contributed by atoms with E-state index in [1.165, 1.54) is 0 Å². The number of halogens is 1. The predicted molar refractivity (Wildman–Crippen MR) is 99.0 cm³/mol. The molecule has 0 radical (unpaired) electrons. The van der Waals surface area contributed by atoms with Crippen molar-refractivity contribution in [1.82, 2.24) is 9.78 Å². The molecule has 0 unspecified atom stereocenters. The van der Waals surface area contributed by atoms with Gasteiger partial charge in [0.2, 0.25) is 0 Å². The van der Waals surface area contributed by atoms with Crippen molar-refractivity contribution in [2.24, 2.45) is 0 Å². The van der Waals surface area contributed by atoms with Gasteiger partial charge >= 0.3 is 0 Å². The van der Waals surface area contributed by atoms with Gasteiger partial charge in [-0.1, -0.05) is 34.1 Å². The molecule has 0 saturated carbocycles. The molecule has 0 fully saturated rings. The molecule has 0 aliphatic heterocycles. The number of aromatic nitrogens is 2. The average Bonchev–Trinajstić information content (AvgIpc) is 2.99. The maximum Gasteiger partial charge on any atom is 0.255 e. The fraction of sp³-hybridized carbons (Fsp3) is 0.111. The second-order valence-electron chi connectivity index (χ2n) is 5.58. The first kappa shape index (κ1) is 16.3. The number of nitrogens with two attached hydrogens (primary N) is 1.